The number of rotatable bonds is 10. The van der Waals surface area contributed by atoms with Crippen LogP contribution in [0.25, 0.3) is 0 Å². The van der Waals surface area contributed by atoms with Gasteiger partial charge in [0.25, 0.3) is 11.5 Å². The summed E-state index contributed by atoms with van der Waals surface area (Å²) in [6.45, 7) is 0.538. The number of amides is 1. The fourth-order valence-electron chi connectivity index (χ4n) is 4.54. The van der Waals surface area contributed by atoms with Gasteiger partial charge in [0.1, 0.15) is 30.0 Å². The van der Waals surface area contributed by atoms with Crippen molar-refractivity contribution in [1.82, 2.24) is 15.3 Å². The van der Waals surface area contributed by atoms with Crippen molar-refractivity contribution in [3.05, 3.63) is 40.2 Å². The largest absolute Gasteiger partial charge is 0.481 e. The van der Waals surface area contributed by atoms with E-state index in [1.54, 1.807) is 19.2 Å². The minimum absolute atomic E-state index is 0.0388. The molecule has 1 fully saturated rings. The number of aromatic amines is 1. The van der Waals surface area contributed by atoms with Crippen LogP contribution < -0.4 is 37.9 Å². The molecule has 0 radical (unpaired) electrons. The van der Waals surface area contributed by atoms with Gasteiger partial charge in [-0.05, 0) is 30.7 Å². The predicted octanol–water partition coefficient (Wildman–Crippen LogP) is -3.51. The second kappa shape index (κ2) is 15.5. The zero-order valence-corrected chi connectivity index (χ0v) is 24.2. The molecule has 248 valence electrons. The van der Waals surface area contributed by atoms with Crippen molar-refractivity contribution >= 4 is 41.0 Å². The number of aliphatic hydroxyl groups is 4. The Balaban J connectivity index is 0.000000385. The molecule has 0 spiro atoms. The number of carbonyl (C=O) groups excluding carboxylic acids is 1. The number of carboxylic acid groups (broad SMARTS) is 2. The number of hydrogen-bond donors (Lipinski definition) is 12. The number of nitrogens with one attached hydrogen (secondary N) is 4. The zero-order valence-electron chi connectivity index (χ0n) is 24.2. The van der Waals surface area contributed by atoms with Gasteiger partial charge >= 0.3 is 11.9 Å². The lowest BCUT2D eigenvalue weighted by Gasteiger charge is -2.38. The lowest BCUT2D eigenvalue weighted by molar-refractivity contribution is -0.248. The molecule has 14 N–H and O–H groups in total. The number of benzene rings is 1. The number of nitrogens with two attached hydrogens (primary N) is 2. The molecule has 1 aromatic carbocycles. The monoisotopic (exact) mass is 638 g/mol. The number of aliphatic hydroxyl groups excluding tert-OH is 4. The van der Waals surface area contributed by atoms with E-state index in [0.717, 1.165) is 5.69 Å². The van der Waals surface area contributed by atoms with Gasteiger partial charge in [-0.2, -0.15) is 4.98 Å². The highest BCUT2D eigenvalue weighted by Crippen LogP contribution is 2.25. The van der Waals surface area contributed by atoms with Gasteiger partial charge in [-0.3, -0.25) is 19.4 Å². The number of ether oxygens (including phenoxy) is 1. The Morgan fingerprint density at radius 1 is 1.16 bits per heavy atom. The van der Waals surface area contributed by atoms with Crippen molar-refractivity contribution in [1.29, 1.82) is 0 Å². The highest BCUT2D eigenvalue weighted by molar-refractivity contribution is 5.97. The quantitative estimate of drug-likeness (QED) is 0.120. The van der Waals surface area contributed by atoms with Crippen molar-refractivity contribution in [2.24, 2.45) is 5.73 Å². The molecule has 2 aliphatic heterocycles. The first-order chi connectivity index (χ1) is 21.2. The van der Waals surface area contributed by atoms with E-state index in [9.17, 15) is 34.5 Å². The van der Waals surface area contributed by atoms with Crippen molar-refractivity contribution in [3.63, 3.8) is 0 Å². The summed E-state index contributed by atoms with van der Waals surface area (Å²) in [5.41, 5.74) is 11.9. The van der Waals surface area contributed by atoms with Crippen molar-refractivity contribution in [3.8, 4) is 0 Å². The van der Waals surface area contributed by atoms with Crippen LogP contribution in [-0.4, -0.2) is 128 Å². The first-order valence-corrected chi connectivity index (χ1v) is 13.7. The van der Waals surface area contributed by atoms with E-state index >= 15 is 0 Å². The molecule has 0 unspecified atom stereocenters. The Labute approximate surface area is 255 Å². The number of anilines is 4. The summed E-state index contributed by atoms with van der Waals surface area (Å²) in [5, 5.41) is 62.6. The van der Waals surface area contributed by atoms with Crippen LogP contribution in [0.3, 0.4) is 0 Å². The Morgan fingerprint density at radius 3 is 2.42 bits per heavy atom. The highest BCUT2D eigenvalue weighted by Gasteiger charge is 2.41. The molecule has 1 saturated heterocycles. The summed E-state index contributed by atoms with van der Waals surface area (Å²) in [4.78, 5) is 54.9. The molecule has 45 heavy (non-hydrogen) atoms. The topological polar surface area (TPSA) is 319 Å². The molecule has 2 aromatic rings. The van der Waals surface area contributed by atoms with E-state index in [-0.39, 0.29) is 36.0 Å². The number of aliphatic carboxylic acids is 2. The standard InChI is InChI=1S/C20H25N7O6.C6H13NO5/c1-27-12(9-23-16-15(27)18(31)26-20(21)25-16)8-22-11-4-2-10(3-5-11)17(30)24-13(19(32)33)6-7-14(28)29;7-3-5(10)4(9)2(1-8)12-6(3)11/h2-5,12-13,22H,6-9H2,1H3,(H,24,30)(H,28,29)(H,32,33)(H4,21,23,25,26,31);2-6,8-11H,1,7H2/t12-,13+;2-,3-,4-,5-,6-/m11/s1. The Bertz CT molecular complexity index is 1390. The number of hydrogen-bond acceptors (Lipinski definition) is 15. The second-order valence-corrected chi connectivity index (χ2v) is 10.4. The van der Waals surface area contributed by atoms with Crippen LogP contribution in [0.15, 0.2) is 29.1 Å². The second-order valence-electron chi connectivity index (χ2n) is 10.4. The van der Waals surface area contributed by atoms with E-state index in [2.05, 4.69) is 25.9 Å². The van der Waals surface area contributed by atoms with Crippen LogP contribution in [0.4, 0.5) is 23.1 Å². The maximum Gasteiger partial charge on any atom is 0.326 e. The summed E-state index contributed by atoms with van der Waals surface area (Å²) in [6.07, 6.45) is -5.44. The Hall–Kier alpha value is -4.53. The number of likely N-dealkylation sites (N-methyl/N-ethyl adjacent to an activating group) is 1. The van der Waals surface area contributed by atoms with Gasteiger partial charge in [-0.1, -0.05) is 0 Å². The number of carboxylic acids is 2. The Kier molecular flexibility index (Phi) is 12.0. The number of nitrogens with zero attached hydrogens (tertiary/aromatic N) is 2. The summed E-state index contributed by atoms with van der Waals surface area (Å²) >= 11 is 0. The molecular formula is C26H38N8O11. The zero-order chi connectivity index (χ0) is 33.4. The molecule has 0 saturated carbocycles. The minimum Gasteiger partial charge on any atom is -0.481 e. The molecular weight excluding hydrogens is 600 g/mol. The summed E-state index contributed by atoms with van der Waals surface area (Å²) in [5.74, 6) is -2.59. The smallest absolute Gasteiger partial charge is 0.326 e. The van der Waals surface area contributed by atoms with Gasteiger partial charge in [0.15, 0.2) is 12.1 Å². The number of aromatic nitrogens is 2. The predicted molar refractivity (Wildman–Crippen MR) is 159 cm³/mol. The first-order valence-electron chi connectivity index (χ1n) is 13.7. The van der Waals surface area contributed by atoms with Crippen LogP contribution in [-0.2, 0) is 14.3 Å². The van der Waals surface area contributed by atoms with Gasteiger partial charge in [-0.15, -0.1) is 0 Å². The lowest BCUT2D eigenvalue weighted by atomic mass is 9.98. The molecule has 0 aliphatic carbocycles. The number of carbonyl (C=O) groups is 3. The van der Waals surface area contributed by atoms with Gasteiger partial charge in [0.05, 0.1) is 18.7 Å². The number of fused-ring (bicyclic) bond motifs is 1. The lowest BCUT2D eigenvalue weighted by Crippen LogP contribution is -2.61. The first kappa shape index (κ1) is 35.0. The third kappa shape index (κ3) is 9.00. The average molecular weight is 639 g/mol. The number of nitrogen functional groups attached to an aromatic ring is 1. The SMILES string of the molecule is CN1c2c(nc(N)[nH]c2=O)NC[C@H]1CNc1ccc(C(=O)N[C@@H](CCC(=O)O)C(=O)O)cc1.N[C@@H]1[C@@H](O)[C@H](O)[C@@H](CO)O[C@H]1O. The fourth-order valence-corrected chi connectivity index (χ4v) is 4.54. The van der Waals surface area contributed by atoms with Crippen LogP contribution in [0.1, 0.15) is 23.2 Å². The molecule has 1 amide bonds. The number of H-pyrrole nitrogens is 1. The third-order valence-electron chi connectivity index (χ3n) is 7.21. The summed E-state index contributed by atoms with van der Waals surface area (Å²) in [7, 11) is 1.79. The van der Waals surface area contributed by atoms with Crippen molar-refractivity contribution in [2.45, 2.75) is 55.6 Å². The minimum atomic E-state index is -1.35. The van der Waals surface area contributed by atoms with E-state index in [1.807, 2.05) is 4.90 Å². The third-order valence-corrected chi connectivity index (χ3v) is 7.21. The van der Waals surface area contributed by atoms with Crippen LogP contribution in [0, 0.1) is 0 Å². The molecule has 2 aliphatic rings. The molecule has 1 aromatic heterocycles. The molecule has 0 bridgehead atoms. The van der Waals surface area contributed by atoms with E-state index in [4.69, 9.17) is 31.5 Å². The molecule has 4 rings (SSSR count). The van der Waals surface area contributed by atoms with Crippen LogP contribution >= 0.6 is 0 Å². The highest BCUT2D eigenvalue weighted by atomic mass is 16.6. The summed E-state index contributed by atoms with van der Waals surface area (Å²) < 4.78 is 4.70. The maximum atomic E-state index is 12.3. The van der Waals surface area contributed by atoms with Gasteiger partial charge < -0.3 is 67.7 Å². The van der Waals surface area contributed by atoms with E-state index < -0.39 is 61.1 Å². The summed E-state index contributed by atoms with van der Waals surface area (Å²) in [6, 6.07) is 3.99. The van der Waals surface area contributed by atoms with Crippen LogP contribution in [0.2, 0.25) is 0 Å². The van der Waals surface area contributed by atoms with Gasteiger partial charge in [0, 0.05) is 37.8 Å². The van der Waals surface area contributed by atoms with Crippen molar-refractivity contribution < 1.29 is 49.8 Å². The van der Waals surface area contributed by atoms with Gasteiger partial charge in [-0.25, -0.2) is 4.79 Å². The van der Waals surface area contributed by atoms with E-state index in [0.29, 0.717) is 24.6 Å². The van der Waals surface area contributed by atoms with Gasteiger partial charge in [0.2, 0.25) is 5.95 Å². The van der Waals surface area contributed by atoms with E-state index in [1.165, 1.54) is 12.1 Å². The maximum absolute atomic E-state index is 12.3. The molecule has 3 heterocycles. The molecule has 19 heteroatoms. The van der Waals surface area contributed by atoms with Crippen LogP contribution in [0.5, 0.6) is 0 Å². The van der Waals surface area contributed by atoms with Crippen molar-refractivity contribution in [2.75, 3.05) is 48.0 Å². The molecule has 7 atom stereocenters. The molecule has 19 nitrogen and oxygen atoms in total. The normalized spacial score (nSPS) is 24.6. The Morgan fingerprint density at radius 2 is 1.82 bits per heavy atom. The fraction of sp³-hybridized carbons (Fsp3) is 0.500. The average Bonchev–Trinajstić information content (AvgIpc) is 2.99.